The van der Waals surface area contributed by atoms with Crippen molar-refractivity contribution >= 4 is 5.91 Å². The molecule has 0 saturated heterocycles. The van der Waals surface area contributed by atoms with Crippen LogP contribution in [0.4, 0.5) is 8.78 Å². The highest BCUT2D eigenvalue weighted by atomic mass is 19.3. The average Bonchev–Trinajstić information content (AvgIpc) is 2.60. The monoisotopic (exact) mass is 349 g/mol. The fourth-order valence-electron chi connectivity index (χ4n) is 2.32. The number of halogens is 2. The third-order valence-electron chi connectivity index (χ3n) is 3.74. The molecule has 0 aliphatic carbocycles. The van der Waals surface area contributed by atoms with Crippen LogP contribution in [0.25, 0.3) is 0 Å². The molecule has 25 heavy (non-hydrogen) atoms. The zero-order valence-electron chi connectivity index (χ0n) is 14.4. The summed E-state index contributed by atoms with van der Waals surface area (Å²) in [6.45, 7) is 1.50. The van der Waals surface area contributed by atoms with Crippen molar-refractivity contribution in [1.82, 2.24) is 5.32 Å². The predicted molar refractivity (Wildman–Crippen MR) is 91.3 cm³/mol. The fourth-order valence-corrected chi connectivity index (χ4v) is 2.32. The van der Waals surface area contributed by atoms with E-state index in [1.807, 2.05) is 12.1 Å². The molecule has 1 N–H and O–H groups in total. The molecule has 0 spiro atoms. The van der Waals surface area contributed by atoms with Crippen LogP contribution in [0.3, 0.4) is 0 Å². The molecule has 0 saturated carbocycles. The Morgan fingerprint density at radius 2 is 1.76 bits per heavy atom. The van der Waals surface area contributed by atoms with Gasteiger partial charge < -0.3 is 14.8 Å². The van der Waals surface area contributed by atoms with Crippen molar-refractivity contribution in [3.63, 3.8) is 0 Å². The van der Waals surface area contributed by atoms with E-state index in [0.29, 0.717) is 17.0 Å². The van der Waals surface area contributed by atoms with Gasteiger partial charge in [0.1, 0.15) is 0 Å². The smallest absolute Gasteiger partial charge is 0.387 e. The van der Waals surface area contributed by atoms with E-state index < -0.39 is 6.61 Å². The van der Waals surface area contributed by atoms with Crippen molar-refractivity contribution in [2.75, 3.05) is 7.11 Å². The van der Waals surface area contributed by atoms with Crippen molar-refractivity contribution in [3.8, 4) is 11.5 Å². The topological polar surface area (TPSA) is 47.6 Å². The van der Waals surface area contributed by atoms with Gasteiger partial charge in [0.05, 0.1) is 7.11 Å². The molecule has 0 aliphatic heterocycles. The summed E-state index contributed by atoms with van der Waals surface area (Å²) in [5, 5.41) is 2.79. The first kappa shape index (κ1) is 18.7. The molecule has 0 atom stereocenters. The number of amides is 1. The number of carbonyl (C=O) groups excluding carboxylic acids is 1. The SMILES string of the molecule is COc1cc(CNC(=O)c2ccc(C(C)C)cc2)ccc1OC(F)F. The van der Waals surface area contributed by atoms with E-state index in [-0.39, 0.29) is 24.0 Å². The Balaban J connectivity index is 2.01. The van der Waals surface area contributed by atoms with Crippen molar-refractivity contribution < 1.29 is 23.0 Å². The van der Waals surface area contributed by atoms with E-state index >= 15 is 0 Å². The molecule has 2 rings (SSSR count). The maximum absolute atomic E-state index is 12.3. The lowest BCUT2D eigenvalue weighted by Crippen LogP contribution is -2.22. The fraction of sp³-hybridized carbons (Fsp3) is 0.316. The Labute approximate surface area is 145 Å². The molecule has 0 radical (unpaired) electrons. The zero-order valence-corrected chi connectivity index (χ0v) is 14.4. The number of hydrogen-bond acceptors (Lipinski definition) is 3. The number of ether oxygens (including phenoxy) is 2. The summed E-state index contributed by atoms with van der Waals surface area (Å²) in [4.78, 5) is 12.2. The summed E-state index contributed by atoms with van der Waals surface area (Å²) in [5.74, 6) is 0.339. The van der Waals surface area contributed by atoms with Crippen molar-refractivity contribution in [1.29, 1.82) is 0 Å². The van der Waals surface area contributed by atoms with Gasteiger partial charge in [0.15, 0.2) is 11.5 Å². The number of nitrogens with one attached hydrogen (secondary N) is 1. The lowest BCUT2D eigenvalue weighted by molar-refractivity contribution is -0.0512. The molecule has 0 bridgehead atoms. The first-order valence-corrected chi connectivity index (χ1v) is 7.90. The van der Waals surface area contributed by atoms with E-state index in [0.717, 1.165) is 5.56 Å². The Morgan fingerprint density at radius 3 is 2.32 bits per heavy atom. The summed E-state index contributed by atoms with van der Waals surface area (Å²) < 4.78 is 34.1. The molecular weight excluding hydrogens is 328 g/mol. The third kappa shape index (κ3) is 5.17. The van der Waals surface area contributed by atoms with E-state index in [9.17, 15) is 13.6 Å². The van der Waals surface area contributed by atoms with Crippen LogP contribution in [0.2, 0.25) is 0 Å². The highest BCUT2D eigenvalue weighted by molar-refractivity contribution is 5.94. The first-order valence-electron chi connectivity index (χ1n) is 7.90. The quantitative estimate of drug-likeness (QED) is 0.808. The van der Waals surface area contributed by atoms with E-state index in [1.165, 1.54) is 13.2 Å². The van der Waals surface area contributed by atoms with Gasteiger partial charge in [-0.05, 0) is 41.3 Å². The van der Waals surface area contributed by atoms with Crippen molar-refractivity contribution in [3.05, 3.63) is 59.2 Å². The van der Waals surface area contributed by atoms with Gasteiger partial charge in [0.2, 0.25) is 0 Å². The van der Waals surface area contributed by atoms with Gasteiger partial charge >= 0.3 is 6.61 Å². The van der Waals surface area contributed by atoms with Crippen molar-refractivity contribution in [2.45, 2.75) is 32.9 Å². The molecule has 0 aromatic heterocycles. The predicted octanol–water partition coefficient (Wildman–Crippen LogP) is 4.35. The molecule has 2 aromatic carbocycles. The highest BCUT2D eigenvalue weighted by Gasteiger charge is 2.12. The van der Waals surface area contributed by atoms with Crippen LogP contribution in [-0.4, -0.2) is 19.6 Å². The second kappa shape index (κ2) is 8.46. The van der Waals surface area contributed by atoms with Gasteiger partial charge in [-0.25, -0.2) is 0 Å². The van der Waals surface area contributed by atoms with Crippen LogP contribution in [0, 0.1) is 0 Å². The van der Waals surface area contributed by atoms with Crippen LogP contribution >= 0.6 is 0 Å². The second-order valence-electron chi connectivity index (χ2n) is 5.82. The lowest BCUT2D eigenvalue weighted by atomic mass is 10.0. The maximum Gasteiger partial charge on any atom is 0.387 e. The molecule has 2 aromatic rings. The second-order valence-corrected chi connectivity index (χ2v) is 5.82. The van der Waals surface area contributed by atoms with Gasteiger partial charge in [0, 0.05) is 12.1 Å². The van der Waals surface area contributed by atoms with Gasteiger partial charge in [-0.15, -0.1) is 0 Å². The van der Waals surface area contributed by atoms with E-state index in [2.05, 4.69) is 23.9 Å². The van der Waals surface area contributed by atoms with Crippen LogP contribution in [0.1, 0.15) is 41.3 Å². The molecule has 134 valence electrons. The Morgan fingerprint density at radius 1 is 1.08 bits per heavy atom. The van der Waals surface area contributed by atoms with Crippen LogP contribution in [-0.2, 0) is 6.54 Å². The van der Waals surface area contributed by atoms with E-state index in [1.54, 1.807) is 24.3 Å². The van der Waals surface area contributed by atoms with Gasteiger partial charge in [-0.2, -0.15) is 8.78 Å². The van der Waals surface area contributed by atoms with E-state index in [4.69, 9.17) is 4.74 Å². The minimum atomic E-state index is -2.92. The Hall–Kier alpha value is -2.63. The van der Waals surface area contributed by atoms with Crippen molar-refractivity contribution in [2.24, 2.45) is 0 Å². The summed E-state index contributed by atoms with van der Waals surface area (Å²) in [5.41, 5.74) is 2.44. The number of rotatable bonds is 7. The summed E-state index contributed by atoms with van der Waals surface area (Å²) in [6.07, 6.45) is 0. The molecule has 0 aliphatic rings. The Bertz CT molecular complexity index is 715. The van der Waals surface area contributed by atoms with Gasteiger partial charge in [0.25, 0.3) is 5.91 Å². The number of benzene rings is 2. The van der Waals surface area contributed by atoms with Crippen LogP contribution < -0.4 is 14.8 Å². The number of methoxy groups -OCH3 is 1. The third-order valence-corrected chi connectivity index (χ3v) is 3.74. The average molecular weight is 349 g/mol. The zero-order chi connectivity index (χ0) is 18.4. The molecule has 4 nitrogen and oxygen atoms in total. The van der Waals surface area contributed by atoms with Crippen LogP contribution in [0.5, 0.6) is 11.5 Å². The maximum atomic E-state index is 12.3. The minimum Gasteiger partial charge on any atom is -0.493 e. The summed E-state index contributed by atoms with van der Waals surface area (Å²) >= 11 is 0. The molecular formula is C19H21F2NO3. The minimum absolute atomic E-state index is 0.0446. The van der Waals surface area contributed by atoms with Gasteiger partial charge in [-0.1, -0.05) is 32.0 Å². The number of hydrogen-bond donors (Lipinski definition) is 1. The summed E-state index contributed by atoms with van der Waals surface area (Å²) in [7, 11) is 1.37. The highest BCUT2D eigenvalue weighted by Crippen LogP contribution is 2.29. The normalized spacial score (nSPS) is 10.8. The number of carbonyl (C=O) groups is 1. The Kier molecular flexibility index (Phi) is 6.33. The van der Waals surface area contributed by atoms with Crippen LogP contribution in [0.15, 0.2) is 42.5 Å². The van der Waals surface area contributed by atoms with Gasteiger partial charge in [-0.3, -0.25) is 4.79 Å². The first-order chi connectivity index (χ1) is 11.9. The number of alkyl halides is 2. The molecule has 0 heterocycles. The standard InChI is InChI=1S/C19H21F2NO3/c1-12(2)14-5-7-15(8-6-14)18(23)22-11-13-4-9-16(25-19(20)21)17(10-13)24-3/h4-10,12,19H,11H2,1-3H3,(H,22,23). The summed E-state index contributed by atoms with van der Waals surface area (Å²) in [6, 6.07) is 12.0. The molecule has 0 unspecified atom stereocenters. The molecule has 1 amide bonds. The lowest BCUT2D eigenvalue weighted by Gasteiger charge is -2.12. The molecule has 6 heteroatoms. The largest absolute Gasteiger partial charge is 0.493 e. The molecule has 0 fully saturated rings.